The fraction of sp³-hybridized carbons (Fsp3) is 0.529. The van der Waals surface area contributed by atoms with E-state index in [-0.39, 0.29) is 5.91 Å². The van der Waals surface area contributed by atoms with Crippen LogP contribution < -0.4 is 10.6 Å². The van der Waals surface area contributed by atoms with Gasteiger partial charge in [-0.15, -0.1) is 0 Å². The van der Waals surface area contributed by atoms with Crippen molar-refractivity contribution in [1.82, 2.24) is 15.5 Å². The van der Waals surface area contributed by atoms with Gasteiger partial charge in [0.05, 0.1) is 6.54 Å². The highest BCUT2D eigenvalue weighted by atomic mass is 16.2. The molecule has 1 saturated carbocycles. The molecule has 1 aliphatic heterocycles. The fourth-order valence-corrected chi connectivity index (χ4v) is 2.87. The molecule has 5 heteroatoms. The molecule has 1 aromatic carbocycles. The number of hydrogen-bond acceptors (Lipinski definition) is 2. The van der Waals surface area contributed by atoms with Gasteiger partial charge in [0.2, 0.25) is 5.91 Å². The standard InChI is InChI=1S/C17H24N4O/c1-12-9-15(12)20-17(18-2)19-10-16(22)21-8-7-13-5-3-4-6-14(13)11-21/h3-6,12,15H,7-11H2,1-2H3,(H2,18,19,20). The van der Waals surface area contributed by atoms with Crippen LogP contribution in [-0.4, -0.2) is 42.9 Å². The Bertz CT molecular complexity index is 584. The van der Waals surface area contributed by atoms with E-state index in [1.807, 2.05) is 11.0 Å². The van der Waals surface area contributed by atoms with Crippen molar-refractivity contribution in [2.45, 2.75) is 32.4 Å². The second kappa shape index (κ2) is 6.38. The largest absolute Gasteiger partial charge is 0.353 e. The molecule has 1 heterocycles. The number of nitrogens with zero attached hydrogens (tertiary/aromatic N) is 2. The Balaban J connectivity index is 1.50. The third kappa shape index (κ3) is 3.40. The second-order valence-electron chi connectivity index (χ2n) is 6.22. The summed E-state index contributed by atoms with van der Waals surface area (Å²) in [5.74, 6) is 1.55. The third-order valence-corrected chi connectivity index (χ3v) is 4.55. The minimum absolute atomic E-state index is 0.126. The number of benzene rings is 1. The van der Waals surface area contributed by atoms with Gasteiger partial charge in [0.1, 0.15) is 0 Å². The first-order valence-electron chi connectivity index (χ1n) is 7.99. The second-order valence-corrected chi connectivity index (χ2v) is 6.22. The lowest BCUT2D eigenvalue weighted by Gasteiger charge is -2.29. The Morgan fingerprint density at radius 1 is 1.36 bits per heavy atom. The van der Waals surface area contributed by atoms with Crippen LogP contribution in [0.1, 0.15) is 24.5 Å². The van der Waals surface area contributed by atoms with Crippen molar-refractivity contribution < 1.29 is 4.79 Å². The molecule has 1 aromatic rings. The van der Waals surface area contributed by atoms with Gasteiger partial charge in [-0.25, -0.2) is 0 Å². The van der Waals surface area contributed by atoms with E-state index in [1.165, 1.54) is 17.5 Å². The molecule has 1 aliphatic carbocycles. The van der Waals surface area contributed by atoms with Crippen LogP contribution in [0.5, 0.6) is 0 Å². The third-order valence-electron chi connectivity index (χ3n) is 4.55. The van der Waals surface area contributed by atoms with Crippen LogP contribution >= 0.6 is 0 Å². The van der Waals surface area contributed by atoms with Crippen molar-refractivity contribution >= 4 is 11.9 Å². The van der Waals surface area contributed by atoms with Gasteiger partial charge in [0.25, 0.3) is 0 Å². The molecule has 2 unspecified atom stereocenters. The summed E-state index contributed by atoms with van der Waals surface area (Å²) in [6.45, 7) is 4.01. The maximum Gasteiger partial charge on any atom is 0.242 e. The van der Waals surface area contributed by atoms with Crippen molar-refractivity contribution in [1.29, 1.82) is 0 Å². The zero-order valence-electron chi connectivity index (χ0n) is 13.3. The normalized spacial score (nSPS) is 23.7. The van der Waals surface area contributed by atoms with Gasteiger partial charge in [-0.05, 0) is 29.9 Å². The first kappa shape index (κ1) is 14.9. The number of hydrogen-bond donors (Lipinski definition) is 2. The first-order valence-corrected chi connectivity index (χ1v) is 7.99. The summed E-state index contributed by atoms with van der Waals surface area (Å²) in [5, 5.41) is 6.46. The molecular weight excluding hydrogens is 276 g/mol. The number of rotatable bonds is 3. The molecule has 1 fully saturated rings. The molecule has 2 atom stereocenters. The van der Waals surface area contributed by atoms with Crippen molar-refractivity contribution in [2.24, 2.45) is 10.9 Å². The summed E-state index contributed by atoms with van der Waals surface area (Å²) >= 11 is 0. The van der Waals surface area contributed by atoms with Crippen LogP contribution in [0.2, 0.25) is 0 Å². The fourth-order valence-electron chi connectivity index (χ4n) is 2.87. The van der Waals surface area contributed by atoms with Crippen molar-refractivity contribution in [3.8, 4) is 0 Å². The minimum Gasteiger partial charge on any atom is -0.353 e. The maximum absolute atomic E-state index is 12.4. The van der Waals surface area contributed by atoms with E-state index in [1.54, 1.807) is 7.05 Å². The number of fused-ring (bicyclic) bond motifs is 1. The van der Waals surface area contributed by atoms with Crippen molar-refractivity contribution in [2.75, 3.05) is 20.1 Å². The number of amides is 1. The average Bonchev–Trinajstić information content (AvgIpc) is 3.25. The number of guanidine groups is 1. The minimum atomic E-state index is 0.126. The zero-order chi connectivity index (χ0) is 15.5. The van der Waals surface area contributed by atoms with Gasteiger partial charge in [-0.2, -0.15) is 0 Å². The van der Waals surface area contributed by atoms with Gasteiger partial charge in [0, 0.05) is 26.2 Å². The topological polar surface area (TPSA) is 56.7 Å². The van der Waals surface area contributed by atoms with E-state index in [4.69, 9.17) is 0 Å². The summed E-state index contributed by atoms with van der Waals surface area (Å²) in [6.07, 6.45) is 2.12. The van der Waals surface area contributed by atoms with Crippen LogP contribution in [0.4, 0.5) is 0 Å². The Morgan fingerprint density at radius 3 is 2.77 bits per heavy atom. The van der Waals surface area contributed by atoms with Gasteiger partial charge >= 0.3 is 0 Å². The lowest BCUT2D eigenvalue weighted by atomic mass is 10.00. The Labute approximate surface area is 131 Å². The van der Waals surface area contributed by atoms with Crippen LogP contribution in [0, 0.1) is 5.92 Å². The molecule has 0 bridgehead atoms. The smallest absolute Gasteiger partial charge is 0.242 e. The number of nitrogens with one attached hydrogen (secondary N) is 2. The number of aliphatic imine (C=N–C) groups is 1. The summed E-state index contributed by atoms with van der Waals surface area (Å²) in [6, 6.07) is 8.86. The molecule has 5 nitrogen and oxygen atoms in total. The zero-order valence-corrected chi connectivity index (χ0v) is 13.3. The monoisotopic (exact) mass is 300 g/mol. The molecule has 0 radical (unpaired) electrons. The molecular formula is C17H24N4O. The highest BCUT2D eigenvalue weighted by molar-refractivity contribution is 5.86. The van der Waals surface area contributed by atoms with Crippen LogP contribution in [0.25, 0.3) is 0 Å². The van der Waals surface area contributed by atoms with E-state index in [2.05, 4.69) is 40.7 Å². The summed E-state index contributed by atoms with van der Waals surface area (Å²) in [5.41, 5.74) is 2.62. The lowest BCUT2D eigenvalue weighted by Crippen LogP contribution is -2.46. The Morgan fingerprint density at radius 2 is 2.09 bits per heavy atom. The molecule has 0 saturated heterocycles. The van der Waals surface area contributed by atoms with Gasteiger partial charge < -0.3 is 15.5 Å². The van der Waals surface area contributed by atoms with E-state index in [0.717, 1.165) is 18.9 Å². The van der Waals surface area contributed by atoms with E-state index in [0.29, 0.717) is 25.0 Å². The van der Waals surface area contributed by atoms with E-state index >= 15 is 0 Å². The predicted octanol–water partition coefficient (Wildman–Crippen LogP) is 1.14. The molecule has 0 spiro atoms. The van der Waals surface area contributed by atoms with E-state index < -0.39 is 0 Å². The summed E-state index contributed by atoms with van der Waals surface area (Å²) in [4.78, 5) is 18.5. The van der Waals surface area contributed by atoms with Crippen molar-refractivity contribution in [3.05, 3.63) is 35.4 Å². The van der Waals surface area contributed by atoms with Gasteiger partial charge in [-0.3, -0.25) is 9.79 Å². The predicted molar refractivity (Wildman–Crippen MR) is 87.6 cm³/mol. The summed E-state index contributed by atoms with van der Waals surface area (Å²) in [7, 11) is 1.74. The van der Waals surface area contributed by atoms with E-state index in [9.17, 15) is 4.79 Å². The molecule has 118 valence electrons. The number of carbonyl (C=O) groups is 1. The molecule has 22 heavy (non-hydrogen) atoms. The van der Waals surface area contributed by atoms with Crippen molar-refractivity contribution in [3.63, 3.8) is 0 Å². The molecule has 2 aliphatic rings. The Hall–Kier alpha value is -2.04. The van der Waals surface area contributed by atoms with Crippen LogP contribution in [0.3, 0.4) is 0 Å². The van der Waals surface area contributed by atoms with Crippen LogP contribution in [0.15, 0.2) is 29.3 Å². The molecule has 3 rings (SSSR count). The first-order chi connectivity index (χ1) is 10.7. The Kier molecular flexibility index (Phi) is 4.32. The molecule has 0 aromatic heterocycles. The van der Waals surface area contributed by atoms with Gasteiger partial charge in [0.15, 0.2) is 5.96 Å². The molecule has 1 amide bonds. The summed E-state index contributed by atoms with van der Waals surface area (Å²) < 4.78 is 0. The quantitative estimate of drug-likeness (QED) is 0.650. The number of carbonyl (C=O) groups excluding carboxylic acids is 1. The highest BCUT2D eigenvalue weighted by Crippen LogP contribution is 2.28. The lowest BCUT2D eigenvalue weighted by molar-refractivity contribution is -0.130. The maximum atomic E-state index is 12.4. The highest BCUT2D eigenvalue weighted by Gasteiger charge is 2.33. The van der Waals surface area contributed by atoms with Gasteiger partial charge in [-0.1, -0.05) is 31.2 Å². The molecule has 2 N–H and O–H groups in total. The SMILES string of the molecule is CN=C(NCC(=O)N1CCc2ccccc2C1)NC1CC1C. The average molecular weight is 300 g/mol. The van der Waals surface area contributed by atoms with Crippen LogP contribution in [-0.2, 0) is 17.8 Å².